The average Bonchev–Trinajstić information content (AvgIpc) is 3.33. The van der Waals surface area contributed by atoms with Crippen LogP contribution in [0.4, 0.5) is 0 Å². The van der Waals surface area contributed by atoms with Gasteiger partial charge in [0.1, 0.15) is 24.7 Å². The van der Waals surface area contributed by atoms with Crippen molar-refractivity contribution in [3.05, 3.63) is 194 Å². The molecule has 7 heteroatoms. The summed E-state index contributed by atoms with van der Waals surface area (Å²) in [5, 5.41) is 29.2. The summed E-state index contributed by atoms with van der Waals surface area (Å²) >= 11 is 0. The third-order valence-electron chi connectivity index (χ3n) is 11.9. The lowest BCUT2D eigenvalue weighted by Gasteiger charge is -2.22. The highest BCUT2D eigenvalue weighted by Gasteiger charge is 2.28. The number of ether oxygens (including phenoxy) is 2. The van der Waals surface area contributed by atoms with E-state index < -0.39 is 22.0 Å². The largest absolute Gasteiger partial charge is 0.490 e. The van der Waals surface area contributed by atoms with Gasteiger partial charge in [0.05, 0.1) is 22.0 Å². The fraction of sp³-hybridized carbons (Fsp3) is 0.103. The molecule has 0 aromatic heterocycles. The van der Waals surface area contributed by atoms with Crippen LogP contribution in [-0.2, 0) is 9.84 Å². The Morgan fingerprint density at radius 3 is 0.862 bits per heavy atom. The molecule has 0 saturated carbocycles. The molecule has 0 fully saturated rings. The highest BCUT2D eigenvalue weighted by Crippen LogP contribution is 2.47. The molecule has 0 saturated heterocycles. The van der Waals surface area contributed by atoms with Gasteiger partial charge in [-0.3, -0.25) is 0 Å². The number of fused-ring (bicyclic) bond motifs is 4. The van der Waals surface area contributed by atoms with E-state index in [0.717, 1.165) is 65.3 Å². The first-order valence-electron chi connectivity index (χ1n) is 21.8. The van der Waals surface area contributed by atoms with Crippen molar-refractivity contribution in [1.82, 2.24) is 0 Å². The van der Waals surface area contributed by atoms with Crippen LogP contribution in [0.3, 0.4) is 0 Å². The lowest BCUT2D eigenvalue weighted by Crippen LogP contribution is -2.15. The zero-order valence-corrected chi connectivity index (χ0v) is 36.8. The summed E-state index contributed by atoms with van der Waals surface area (Å²) in [6.07, 6.45) is -1.58. The van der Waals surface area contributed by atoms with E-state index in [1.165, 1.54) is 0 Å². The molecule has 0 heterocycles. The van der Waals surface area contributed by atoms with Gasteiger partial charge in [-0.05, 0) is 128 Å². The lowest BCUT2D eigenvalue weighted by molar-refractivity contribution is 0.123. The molecule has 10 aromatic carbocycles. The van der Waals surface area contributed by atoms with Gasteiger partial charge in [-0.2, -0.15) is 0 Å². The summed E-state index contributed by atoms with van der Waals surface area (Å²) in [6, 6.07) is 63.2. The zero-order chi connectivity index (χ0) is 44.7. The number of aliphatic hydroxyl groups is 2. The van der Waals surface area contributed by atoms with Gasteiger partial charge in [-0.15, -0.1) is 0 Å². The first-order valence-corrected chi connectivity index (χ1v) is 23.3. The lowest BCUT2D eigenvalue weighted by atomic mass is 9.94. The van der Waals surface area contributed by atoms with Crippen LogP contribution < -0.4 is 9.47 Å². The maximum absolute atomic E-state index is 15.8. The van der Waals surface area contributed by atoms with E-state index in [9.17, 15) is 10.2 Å². The molecule has 0 amide bonds. The maximum atomic E-state index is 15.8. The van der Waals surface area contributed by atoms with Crippen molar-refractivity contribution >= 4 is 52.9 Å². The molecular weight excluding hydrogens is 825 g/mol. The SMILES string of the molecule is CC(O)COc1c(-c2ccc3ccccc3c2)cc(S(=O)(=O)c2cc(-c3ccc4ccccc4c3)c(OCC(C)O)c(-c3ccc4ccccc4c3)c2)cc1-c1ccc2ccccc2c1. The van der Waals surface area contributed by atoms with Crippen LogP contribution in [0.2, 0.25) is 0 Å². The van der Waals surface area contributed by atoms with E-state index in [1.807, 2.05) is 170 Å². The summed E-state index contributed by atoms with van der Waals surface area (Å²) in [6.45, 7) is 3.31. The van der Waals surface area contributed by atoms with Gasteiger partial charge in [0, 0.05) is 22.3 Å². The second kappa shape index (κ2) is 17.4. The number of hydrogen-bond acceptors (Lipinski definition) is 6. The molecule has 2 atom stereocenters. The van der Waals surface area contributed by atoms with Crippen molar-refractivity contribution in [2.24, 2.45) is 0 Å². The van der Waals surface area contributed by atoms with Crippen LogP contribution in [0.5, 0.6) is 11.5 Å². The Balaban J connectivity index is 1.26. The average molecular weight is 871 g/mol. The molecular formula is C58H46O6S. The van der Waals surface area contributed by atoms with Gasteiger partial charge in [0.25, 0.3) is 0 Å². The molecule has 0 aliphatic carbocycles. The molecule has 65 heavy (non-hydrogen) atoms. The van der Waals surface area contributed by atoms with E-state index >= 15 is 8.42 Å². The van der Waals surface area contributed by atoms with Crippen LogP contribution in [0.1, 0.15) is 13.8 Å². The summed E-state index contributed by atoms with van der Waals surface area (Å²) in [5.41, 5.74) is 5.34. The van der Waals surface area contributed by atoms with Gasteiger partial charge < -0.3 is 19.7 Å². The van der Waals surface area contributed by atoms with E-state index in [-0.39, 0.29) is 23.0 Å². The summed E-state index contributed by atoms with van der Waals surface area (Å²) in [5.74, 6) is 0.928. The first-order chi connectivity index (χ1) is 31.6. The molecule has 10 aromatic rings. The van der Waals surface area contributed by atoms with Gasteiger partial charge in [0.2, 0.25) is 9.84 Å². The molecule has 0 radical (unpaired) electrons. The van der Waals surface area contributed by atoms with E-state index in [4.69, 9.17) is 9.47 Å². The van der Waals surface area contributed by atoms with Crippen LogP contribution in [0.15, 0.2) is 204 Å². The number of hydrogen-bond donors (Lipinski definition) is 2. The number of rotatable bonds is 12. The Morgan fingerprint density at radius 1 is 0.369 bits per heavy atom. The third kappa shape index (κ3) is 8.33. The topological polar surface area (TPSA) is 93.1 Å². The number of sulfone groups is 1. The predicted octanol–water partition coefficient (Wildman–Crippen LogP) is 13.3. The quantitative estimate of drug-likeness (QED) is 0.127. The summed E-state index contributed by atoms with van der Waals surface area (Å²) in [7, 11) is -4.34. The molecule has 0 aliphatic rings. The maximum Gasteiger partial charge on any atom is 0.206 e. The standard InChI is InChI=1S/C58H46O6S/c1-37(59)35-63-57-53(47-23-19-39-11-3-7-15-43(39)27-47)31-51(32-54(57)48-24-20-40-12-4-8-16-44(40)28-48)65(61,62)52-33-55(49-25-21-41-13-5-9-17-45(41)29-49)58(64-36-38(2)60)56(34-52)50-26-22-42-14-6-10-18-46(42)30-50/h3-34,37-38,59-60H,35-36H2,1-2H3. The predicted molar refractivity (Wildman–Crippen MR) is 264 cm³/mol. The second-order valence-corrected chi connectivity index (χ2v) is 18.7. The van der Waals surface area contributed by atoms with E-state index in [2.05, 4.69) is 0 Å². The van der Waals surface area contributed by atoms with Crippen LogP contribution >= 0.6 is 0 Å². The van der Waals surface area contributed by atoms with Crippen LogP contribution in [0, 0.1) is 0 Å². The second-order valence-electron chi connectivity index (χ2n) is 16.8. The van der Waals surface area contributed by atoms with Crippen molar-refractivity contribution < 1.29 is 28.1 Å². The van der Waals surface area contributed by atoms with Crippen molar-refractivity contribution in [2.45, 2.75) is 35.8 Å². The Hall–Kier alpha value is -7.29. The molecule has 0 spiro atoms. The first kappa shape index (κ1) is 41.7. The van der Waals surface area contributed by atoms with Gasteiger partial charge in [0.15, 0.2) is 0 Å². The van der Waals surface area contributed by atoms with Crippen molar-refractivity contribution in [3.8, 4) is 56.0 Å². The molecule has 6 nitrogen and oxygen atoms in total. The summed E-state index contributed by atoms with van der Waals surface area (Å²) < 4.78 is 44.7. The van der Waals surface area contributed by atoms with E-state index in [1.54, 1.807) is 38.1 Å². The fourth-order valence-electron chi connectivity index (χ4n) is 8.66. The van der Waals surface area contributed by atoms with Gasteiger partial charge in [-0.25, -0.2) is 8.42 Å². The molecule has 2 unspecified atom stereocenters. The highest BCUT2D eigenvalue weighted by molar-refractivity contribution is 7.91. The third-order valence-corrected chi connectivity index (χ3v) is 13.6. The normalized spacial score (nSPS) is 12.7. The molecule has 2 N–H and O–H groups in total. The number of benzene rings is 10. The monoisotopic (exact) mass is 870 g/mol. The minimum Gasteiger partial charge on any atom is -0.490 e. The Labute approximate surface area is 378 Å². The molecule has 0 bridgehead atoms. The van der Waals surface area contributed by atoms with Gasteiger partial charge in [-0.1, -0.05) is 146 Å². The Kier molecular flexibility index (Phi) is 11.1. The Bertz CT molecular complexity index is 3110. The number of aliphatic hydroxyl groups excluding tert-OH is 2. The minimum absolute atomic E-state index is 0.00852. The highest BCUT2D eigenvalue weighted by atomic mass is 32.2. The van der Waals surface area contributed by atoms with E-state index in [0.29, 0.717) is 33.8 Å². The molecule has 10 rings (SSSR count). The fourth-order valence-corrected chi connectivity index (χ4v) is 10.0. The zero-order valence-electron chi connectivity index (χ0n) is 36.0. The molecule has 0 aliphatic heterocycles. The van der Waals surface area contributed by atoms with Crippen LogP contribution in [-0.4, -0.2) is 44.1 Å². The van der Waals surface area contributed by atoms with Crippen molar-refractivity contribution in [3.63, 3.8) is 0 Å². The summed E-state index contributed by atoms with van der Waals surface area (Å²) in [4.78, 5) is 0.138. The van der Waals surface area contributed by atoms with Gasteiger partial charge >= 0.3 is 0 Å². The Morgan fingerprint density at radius 2 is 0.615 bits per heavy atom. The van der Waals surface area contributed by atoms with Crippen molar-refractivity contribution in [1.29, 1.82) is 0 Å². The molecule has 320 valence electrons. The minimum atomic E-state index is -4.34. The van der Waals surface area contributed by atoms with Crippen molar-refractivity contribution in [2.75, 3.05) is 13.2 Å². The van der Waals surface area contributed by atoms with Crippen LogP contribution in [0.25, 0.3) is 87.6 Å². The smallest absolute Gasteiger partial charge is 0.206 e.